The van der Waals surface area contributed by atoms with Gasteiger partial charge in [0.1, 0.15) is 5.75 Å². The van der Waals surface area contributed by atoms with Crippen LogP contribution in [-0.2, 0) is 14.8 Å². The first-order valence-electron chi connectivity index (χ1n) is 10.0. The first-order valence-corrected chi connectivity index (χ1v) is 11.4. The first kappa shape index (κ1) is 22.7. The van der Waals surface area contributed by atoms with Crippen LogP contribution in [0.5, 0.6) is 5.75 Å². The molecule has 1 fully saturated rings. The lowest BCUT2D eigenvalue weighted by Crippen LogP contribution is -2.43. The normalized spacial score (nSPS) is 17.2. The van der Waals surface area contributed by atoms with Crippen LogP contribution in [0.25, 0.3) is 0 Å². The molecule has 166 valence electrons. The largest absolute Gasteiger partial charge is 0.494 e. The summed E-state index contributed by atoms with van der Waals surface area (Å²) < 4.78 is 33.1. The second-order valence-corrected chi connectivity index (χ2v) is 9.30. The zero-order chi connectivity index (χ0) is 22.6. The van der Waals surface area contributed by atoms with E-state index in [4.69, 9.17) is 4.74 Å². The van der Waals surface area contributed by atoms with Crippen LogP contribution < -0.4 is 10.1 Å². The number of amides is 1. The van der Waals surface area contributed by atoms with Gasteiger partial charge in [0.2, 0.25) is 15.9 Å². The minimum atomic E-state index is -3.77. The van der Waals surface area contributed by atoms with Crippen LogP contribution in [-0.4, -0.2) is 43.2 Å². The third-order valence-corrected chi connectivity index (χ3v) is 7.02. The van der Waals surface area contributed by atoms with Crippen molar-refractivity contribution in [2.45, 2.75) is 31.6 Å². The summed E-state index contributed by atoms with van der Waals surface area (Å²) in [7, 11) is -3.77. The van der Waals surface area contributed by atoms with E-state index in [0.717, 1.165) is 5.56 Å². The van der Waals surface area contributed by atoms with Crippen LogP contribution in [0.4, 0.5) is 11.4 Å². The van der Waals surface area contributed by atoms with Crippen LogP contribution in [0.15, 0.2) is 47.4 Å². The van der Waals surface area contributed by atoms with Gasteiger partial charge in [-0.2, -0.15) is 4.31 Å². The number of nitrogens with one attached hydrogen (secondary N) is 1. The molecule has 0 saturated carbocycles. The van der Waals surface area contributed by atoms with E-state index < -0.39 is 20.9 Å². The summed E-state index contributed by atoms with van der Waals surface area (Å²) in [5.41, 5.74) is 0.901. The van der Waals surface area contributed by atoms with Crippen molar-refractivity contribution in [3.8, 4) is 5.75 Å². The Morgan fingerprint density at radius 2 is 2.06 bits per heavy atom. The fourth-order valence-electron chi connectivity index (χ4n) is 3.57. The second-order valence-electron chi connectivity index (χ2n) is 7.36. The minimum Gasteiger partial charge on any atom is -0.494 e. The van der Waals surface area contributed by atoms with E-state index in [1.807, 2.05) is 6.92 Å². The molecule has 1 N–H and O–H groups in total. The molecule has 3 rings (SSSR count). The van der Waals surface area contributed by atoms with Gasteiger partial charge in [0.05, 0.1) is 22.3 Å². The highest BCUT2D eigenvalue weighted by Gasteiger charge is 2.33. The maximum absolute atomic E-state index is 13.1. The molecule has 0 aromatic heterocycles. The lowest BCUT2D eigenvalue weighted by Gasteiger charge is -2.31. The molecule has 0 unspecified atom stereocenters. The van der Waals surface area contributed by atoms with Gasteiger partial charge >= 0.3 is 0 Å². The van der Waals surface area contributed by atoms with Crippen molar-refractivity contribution in [2.75, 3.05) is 25.0 Å². The molecule has 31 heavy (non-hydrogen) atoms. The Morgan fingerprint density at radius 3 is 2.74 bits per heavy atom. The fraction of sp³-hybridized carbons (Fsp3) is 0.381. The van der Waals surface area contributed by atoms with Gasteiger partial charge in [0.25, 0.3) is 5.69 Å². The minimum absolute atomic E-state index is 0.0509. The highest BCUT2D eigenvalue weighted by molar-refractivity contribution is 7.89. The van der Waals surface area contributed by atoms with Crippen LogP contribution in [0.1, 0.15) is 25.3 Å². The fourth-order valence-corrected chi connectivity index (χ4v) is 5.17. The Bertz CT molecular complexity index is 1090. The molecule has 9 nitrogen and oxygen atoms in total. The number of benzene rings is 2. The molecule has 1 aliphatic rings. The number of anilines is 1. The number of ether oxygens (including phenoxy) is 1. The van der Waals surface area contributed by atoms with Crippen molar-refractivity contribution in [1.29, 1.82) is 0 Å². The SMILES string of the molecule is CCOc1ccc(S(=O)(=O)N2CCC[C@@H](C(=O)Nc3cccc([N+](=O)[O-])c3)C2)cc1C. The van der Waals surface area contributed by atoms with E-state index in [2.05, 4.69) is 5.32 Å². The Kier molecular flexibility index (Phi) is 6.91. The average Bonchev–Trinajstić information content (AvgIpc) is 2.75. The summed E-state index contributed by atoms with van der Waals surface area (Å²) in [6, 6.07) is 10.4. The molecule has 2 aromatic rings. The van der Waals surface area contributed by atoms with Crippen molar-refractivity contribution in [2.24, 2.45) is 5.92 Å². The third kappa shape index (κ3) is 5.20. The second kappa shape index (κ2) is 9.44. The molecule has 2 aromatic carbocycles. The van der Waals surface area contributed by atoms with E-state index in [0.29, 0.717) is 37.4 Å². The molecule has 0 aliphatic carbocycles. The Balaban J connectivity index is 1.73. The van der Waals surface area contributed by atoms with Gasteiger partial charge in [-0.1, -0.05) is 6.07 Å². The van der Waals surface area contributed by atoms with Gasteiger partial charge in [0, 0.05) is 30.9 Å². The smallest absolute Gasteiger partial charge is 0.271 e. The lowest BCUT2D eigenvalue weighted by molar-refractivity contribution is -0.384. The maximum atomic E-state index is 13.1. The van der Waals surface area contributed by atoms with Gasteiger partial charge in [-0.25, -0.2) is 8.42 Å². The van der Waals surface area contributed by atoms with E-state index in [1.165, 1.54) is 28.6 Å². The molecule has 1 atom stereocenters. The average molecular weight is 448 g/mol. The summed E-state index contributed by atoms with van der Waals surface area (Å²) in [4.78, 5) is 23.3. The number of carbonyl (C=O) groups excluding carboxylic acids is 1. The number of nitro benzene ring substituents is 1. The molecule has 0 bridgehead atoms. The summed E-state index contributed by atoms with van der Waals surface area (Å²) in [5.74, 6) is -0.274. The van der Waals surface area contributed by atoms with Crippen LogP contribution in [0.2, 0.25) is 0 Å². The van der Waals surface area contributed by atoms with Crippen molar-refractivity contribution in [3.63, 3.8) is 0 Å². The Morgan fingerprint density at radius 1 is 1.29 bits per heavy atom. The summed E-state index contributed by atoms with van der Waals surface area (Å²) in [6.07, 6.45) is 1.08. The monoisotopic (exact) mass is 447 g/mol. The van der Waals surface area contributed by atoms with Crippen molar-refractivity contribution < 1.29 is 22.9 Å². The maximum Gasteiger partial charge on any atom is 0.271 e. The van der Waals surface area contributed by atoms with Crippen LogP contribution in [0.3, 0.4) is 0 Å². The summed E-state index contributed by atoms with van der Waals surface area (Å²) in [5, 5.41) is 13.6. The Hall–Kier alpha value is -2.98. The van der Waals surface area contributed by atoms with E-state index in [-0.39, 0.29) is 23.0 Å². The number of non-ortho nitro benzene ring substituents is 1. The molecule has 1 saturated heterocycles. The van der Waals surface area contributed by atoms with E-state index in [1.54, 1.807) is 25.1 Å². The number of nitro groups is 1. The Labute approximate surface area is 181 Å². The number of nitrogens with zero attached hydrogens (tertiary/aromatic N) is 2. The number of carbonyl (C=O) groups is 1. The predicted octanol–water partition coefficient (Wildman–Crippen LogP) is 3.34. The quantitative estimate of drug-likeness (QED) is 0.514. The molecule has 0 radical (unpaired) electrons. The highest BCUT2D eigenvalue weighted by Crippen LogP contribution is 2.28. The van der Waals surface area contributed by atoms with Gasteiger partial charge in [-0.3, -0.25) is 14.9 Å². The number of piperidine rings is 1. The van der Waals surface area contributed by atoms with Crippen molar-refractivity contribution >= 4 is 27.3 Å². The number of sulfonamides is 1. The van der Waals surface area contributed by atoms with Crippen LogP contribution in [0, 0.1) is 23.0 Å². The van der Waals surface area contributed by atoms with Gasteiger partial charge in [-0.05, 0) is 56.5 Å². The zero-order valence-electron chi connectivity index (χ0n) is 17.4. The topological polar surface area (TPSA) is 119 Å². The molecule has 10 heteroatoms. The molecule has 0 spiro atoms. The molecular weight excluding hydrogens is 422 g/mol. The van der Waals surface area contributed by atoms with Gasteiger partial charge in [-0.15, -0.1) is 0 Å². The first-order chi connectivity index (χ1) is 14.7. The number of rotatable bonds is 7. The number of hydrogen-bond donors (Lipinski definition) is 1. The number of hydrogen-bond acceptors (Lipinski definition) is 6. The molecule has 1 aliphatic heterocycles. The predicted molar refractivity (Wildman–Crippen MR) is 116 cm³/mol. The molecule has 1 amide bonds. The van der Waals surface area contributed by atoms with E-state index in [9.17, 15) is 23.3 Å². The standard InChI is InChI=1S/C21H25N3O6S/c1-3-30-20-10-9-19(12-15(20)2)31(28,29)23-11-5-6-16(14-23)21(25)22-17-7-4-8-18(13-17)24(26)27/h4,7-10,12-13,16H,3,5-6,11,14H2,1-2H3,(H,22,25)/t16-/m1/s1. The summed E-state index contributed by atoms with van der Waals surface area (Å²) in [6.45, 7) is 4.51. The van der Waals surface area contributed by atoms with Crippen molar-refractivity contribution in [1.82, 2.24) is 4.31 Å². The highest BCUT2D eigenvalue weighted by atomic mass is 32.2. The zero-order valence-corrected chi connectivity index (χ0v) is 18.2. The molecule has 1 heterocycles. The number of aryl methyl sites for hydroxylation is 1. The van der Waals surface area contributed by atoms with Crippen LogP contribution >= 0.6 is 0 Å². The van der Waals surface area contributed by atoms with Gasteiger partial charge < -0.3 is 10.1 Å². The molecular formula is C21H25N3O6S. The lowest BCUT2D eigenvalue weighted by atomic mass is 9.98. The third-order valence-electron chi connectivity index (χ3n) is 5.16. The van der Waals surface area contributed by atoms with Crippen molar-refractivity contribution in [3.05, 3.63) is 58.1 Å². The summed E-state index contributed by atoms with van der Waals surface area (Å²) >= 11 is 0. The van der Waals surface area contributed by atoms with Gasteiger partial charge in [0.15, 0.2) is 0 Å². The van der Waals surface area contributed by atoms with E-state index >= 15 is 0 Å².